The van der Waals surface area contributed by atoms with E-state index in [-0.39, 0.29) is 22.1 Å². The van der Waals surface area contributed by atoms with Gasteiger partial charge in [-0.3, -0.25) is 4.79 Å². The monoisotopic (exact) mass is 314 g/mol. The highest BCUT2D eigenvalue weighted by Crippen LogP contribution is 2.18. The fraction of sp³-hybridized carbons (Fsp3) is 0.0833. The third-order valence-corrected chi connectivity index (χ3v) is 4.87. The normalized spacial score (nSPS) is 11.3. The molecule has 2 aromatic rings. The zero-order valence-electron chi connectivity index (χ0n) is 10.2. The number of nitrogens with one attached hydrogen (secondary N) is 1. The van der Waals surface area contributed by atoms with E-state index in [1.807, 2.05) is 0 Å². The van der Waals surface area contributed by atoms with Gasteiger partial charge in [0.05, 0.1) is 5.56 Å². The Balaban J connectivity index is 2.02. The Bertz CT molecular complexity index is 723. The zero-order valence-corrected chi connectivity index (χ0v) is 11.8. The van der Waals surface area contributed by atoms with E-state index in [0.717, 1.165) is 16.9 Å². The average Bonchev–Trinajstić information content (AvgIpc) is 2.87. The molecule has 0 spiro atoms. The van der Waals surface area contributed by atoms with Gasteiger partial charge in [0.2, 0.25) is 10.0 Å². The number of carbonyl (C=O) groups is 1. The third-order valence-electron chi connectivity index (χ3n) is 2.48. The van der Waals surface area contributed by atoms with Crippen LogP contribution in [0.3, 0.4) is 0 Å². The SMILES string of the molecule is NS(=O)(=O)c1cc(C(=O)NCc2ccc(F)cc2)cs1. The lowest BCUT2D eigenvalue weighted by Gasteiger charge is -2.03. The van der Waals surface area contributed by atoms with Crippen LogP contribution >= 0.6 is 11.3 Å². The summed E-state index contributed by atoms with van der Waals surface area (Å²) in [6.07, 6.45) is 0. The van der Waals surface area contributed by atoms with E-state index >= 15 is 0 Å². The molecule has 0 aliphatic carbocycles. The number of rotatable bonds is 4. The molecule has 0 saturated heterocycles. The lowest BCUT2D eigenvalue weighted by Crippen LogP contribution is -2.22. The molecule has 0 atom stereocenters. The molecule has 0 bridgehead atoms. The second-order valence-corrected chi connectivity index (χ2v) is 6.71. The van der Waals surface area contributed by atoms with Crippen LogP contribution in [0.15, 0.2) is 39.9 Å². The van der Waals surface area contributed by atoms with E-state index in [9.17, 15) is 17.6 Å². The molecule has 20 heavy (non-hydrogen) atoms. The molecule has 0 radical (unpaired) electrons. The van der Waals surface area contributed by atoms with E-state index in [4.69, 9.17) is 5.14 Å². The minimum atomic E-state index is -3.79. The van der Waals surface area contributed by atoms with Gasteiger partial charge in [-0.15, -0.1) is 11.3 Å². The van der Waals surface area contributed by atoms with Crippen LogP contribution in [-0.2, 0) is 16.6 Å². The van der Waals surface area contributed by atoms with Crippen LogP contribution in [0.4, 0.5) is 4.39 Å². The number of amides is 1. The number of nitrogens with two attached hydrogens (primary N) is 1. The molecule has 0 fully saturated rings. The molecule has 0 aliphatic rings. The van der Waals surface area contributed by atoms with Crippen molar-refractivity contribution in [2.24, 2.45) is 5.14 Å². The van der Waals surface area contributed by atoms with E-state index in [0.29, 0.717) is 0 Å². The molecule has 2 rings (SSSR count). The minimum absolute atomic E-state index is 0.0653. The maximum atomic E-state index is 12.7. The van der Waals surface area contributed by atoms with E-state index in [1.165, 1.54) is 23.6 Å². The van der Waals surface area contributed by atoms with Crippen LogP contribution in [0.25, 0.3) is 0 Å². The number of sulfonamides is 1. The van der Waals surface area contributed by atoms with Gasteiger partial charge < -0.3 is 5.32 Å². The van der Waals surface area contributed by atoms with Gasteiger partial charge in [0.15, 0.2) is 0 Å². The standard InChI is InChI=1S/C12H11FN2O3S2/c13-10-3-1-8(2-4-10)6-15-12(16)9-5-11(19-7-9)20(14,17)18/h1-5,7H,6H2,(H,15,16)(H2,14,17,18). The third kappa shape index (κ3) is 3.62. The topological polar surface area (TPSA) is 89.3 Å². The molecule has 1 heterocycles. The molecule has 5 nitrogen and oxygen atoms in total. The van der Waals surface area contributed by atoms with Crippen LogP contribution in [0, 0.1) is 5.82 Å². The molecule has 0 unspecified atom stereocenters. The van der Waals surface area contributed by atoms with Gasteiger partial charge in [0.25, 0.3) is 5.91 Å². The second kappa shape index (κ2) is 5.70. The number of primary sulfonamides is 1. The first-order chi connectivity index (χ1) is 9.36. The molecule has 1 aromatic heterocycles. The van der Waals surface area contributed by atoms with E-state index < -0.39 is 15.9 Å². The van der Waals surface area contributed by atoms with Gasteiger partial charge >= 0.3 is 0 Å². The summed E-state index contributed by atoms with van der Waals surface area (Å²) in [7, 11) is -3.79. The van der Waals surface area contributed by atoms with Crippen molar-refractivity contribution < 1.29 is 17.6 Å². The molecule has 106 valence electrons. The maximum Gasteiger partial charge on any atom is 0.252 e. The first-order valence-electron chi connectivity index (χ1n) is 5.50. The summed E-state index contributed by atoms with van der Waals surface area (Å²) < 4.78 is 34.8. The van der Waals surface area contributed by atoms with Gasteiger partial charge in [-0.1, -0.05) is 12.1 Å². The van der Waals surface area contributed by atoms with E-state index in [1.54, 1.807) is 12.1 Å². The van der Waals surface area contributed by atoms with Crippen molar-refractivity contribution in [1.29, 1.82) is 0 Å². The lowest BCUT2D eigenvalue weighted by atomic mass is 10.2. The average molecular weight is 314 g/mol. The molecule has 1 amide bonds. The second-order valence-electron chi connectivity index (χ2n) is 4.01. The number of halogens is 1. The van der Waals surface area contributed by atoms with Gasteiger partial charge in [-0.25, -0.2) is 17.9 Å². The Morgan fingerprint density at radius 2 is 1.95 bits per heavy atom. The van der Waals surface area contributed by atoms with Crippen molar-refractivity contribution in [3.63, 3.8) is 0 Å². The van der Waals surface area contributed by atoms with Crippen molar-refractivity contribution in [2.75, 3.05) is 0 Å². The predicted molar refractivity (Wildman–Crippen MR) is 73.3 cm³/mol. The summed E-state index contributed by atoms with van der Waals surface area (Å²) in [6.45, 7) is 0.222. The number of hydrogen-bond donors (Lipinski definition) is 2. The molecule has 8 heteroatoms. The number of benzene rings is 1. The number of thiophene rings is 1. The Morgan fingerprint density at radius 1 is 1.30 bits per heavy atom. The summed E-state index contributed by atoms with van der Waals surface area (Å²) in [6, 6.07) is 6.92. The Morgan fingerprint density at radius 3 is 2.50 bits per heavy atom. The Kier molecular flexibility index (Phi) is 4.17. The minimum Gasteiger partial charge on any atom is -0.348 e. The number of hydrogen-bond acceptors (Lipinski definition) is 4. The quantitative estimate of drug-likeness (QED) is 0.895. The van der Waals surface area contributed by atoms with Crippen LogP contribution in [-0.4, -0.2) is 14.3 Å². The molecular formula is C12H11FN2O3S2. The van der Waals surface area contributed by atoms with Crippen molar-refractivity contribution in [1.82, 2.24) is 5.32 Å². The predicted octanol–water partition coefficient (Wildman–Crippen LogP) is 1.46. The fourth-order valence-electron chi connectivity index (χ4n) is 1.47. The van der Waals surface area contributed by atoms with Crippen molar-refractivity contribution in [3.8, 4) is 0 Å². The van der Waals surface area contributed by atoms with Gasteiger partial charge in [-0.05, 0) is 23.8 Å². The number of carbonyl (C=O) groups excluding carboxylic acids is 1. The molecule has 1 aromatic carbocycles. The van der Waals surface area contributed by atoms with Crippen LogP contribution in [0.5, 0.6) is 0 Å². The molecule has 3 N–H and O–H groups in total. The van der Waals surface area contributed by atoms with E-state index in [2.05, 4.69) is 5.32 Å². The molecule has 0 aliphatic heterocycles. The smallest absolute Gasteiger partial charge is 0.252 e. The fourth-order valence-corrected chi connectivity index (χ4v) is 3.06. The molecular weight excluding hydrogens is 303 g/mol. The van der Waals surface area contributed by atoms with Gasteiger partial charge in [0.1, 0.15) is 10.0 Å². The highest BCUT2D eigenvalue weighted by molar-refractivity contribution is 7.91. The van der Waals surface area contributed by atoms with Crippen molar-refractivity contribution in [2.45, 2.75) is 10.8 Å². The van der Waals surface area contributed by atoms with Crippen LogP contribution in [0.1, 0.15) is 15.9 Å². The first-order valence-corrected chi connectivity index (χ1v) is 7.93. The van der Waals surface area contributed by atoms with Crippen molar-refractivity contribution in [3.05, 3.63) is 52.7 Å². The maximum absolute atomic E-state index is 12.7. The largest absolute Gasteiger partial charge is 0.348 e. The summed E-state index contributed by atoms with van der Waals surface area (Å²) in [5, 5.41) is 8.99. The van der Waals surface area contributed by atoms with Crippen LogP contribution in [0.2, 0.25) is 0 Å². The van der Waals surface area contributed by atoms with Crippen LogP contribution < -0.4 is 10.5 Å². The summed E-state index contributed by atoms with van der Waals surface area (Å²) in [5.41, 5.74) is 0.961. The van der Waals surface area contributed by atoms with Gasteiger partial charge in [0, 0.05) is 11.9 Å². The summed E-state index contributed by atoms with van der Waals surface area (Å²) in [4.78, 5) is 11.8. The highest BCUT2D eigenvalue weighted by atomic mass is 32.2. The van der Waals surface area contributed by atoms with Gasteiger partial charge in [-0.2, -0.15) is 0 Å². The summed E-state index contributed by atoms with van der Waals surface area (Å²) >= 11 is 0.885. The highest BCUT2D eigenvalue weighted by Gasteiger charge is 2.14. The Labute approximate surface area is 119 Å². The van der Waals surface area contributed by atoms with Crippen molar-refractivity contribution >= 4 is 27.3 Å². The lowest BCUT2D eigenvalue weighted by molar-refractivity contribution is 0.0951. The Hall–Kier alpha value is -1.77. The molecule has 0 saturated carbocycles. The zero-order chi connectivity index (χ0) is 14.8. The first kappa shape index (κ1) is 14.6. The summed E-state index contributed by atoms with van der Waals surface area (Å²) in [5.74, 6) is -0.767.